The van der Waals surface area contributed by atoms with Crippen LogP contribution in [-0.2, 0) is 13.1 Å². The molecule has 0 unspecified atom stereocenters. The number of furan rings is 2. The molecule has 0 aliphatic heterocycles. The van der Waals surface area contributed by atoms with Crippen LogP contribution in [0.2, 0.25) is 0 Å². The second-order valence-corrected chi connectivity index (χ2v) is 10.3. The molecule has 0 radical (unpaired) electrons. The predicted molar refractivity (Wildman–Crippen MR) is 173 cm³/mol. The van der Waals surface area contributed by atoms with Crippen LogP contribution in [-0.4, -0.2) is 54.8 Å². The lowest BCUT2D eigenvalue weighted by atomic mass is 10.2. The van der Waals surface area contributed by atoms with Gasteiger partial charge in [0.05, 0.1) is 30.5 Å². The maximum atomic E-state index is 10.9. The van der Waals surface area contributed by atoms with E-state index < -0.39 is 4.92 Å². The monoisotopic (exact) mass is 644 g/mol. The molecule has 0 fully saturated rings. The molecule has 238 valence electrons. The van der Waals surface area contributed by atoms with Gasteiger partial charge in [0.15, 0.2) is 33.8 Å². The van der Waals surface area contributed by atoms with Crippen molar-refractivity contribution in [3.63, 3.8) is 0 Å². The van der Waals surface area contributed by atoms with E-state index in [4.69, 9.17) is 26.0 Å². The molecule has 6 N–H and O–H groups in total. The summed E-state index contributed by atoms with van der Waals surface area (Å²) in [5.41, 5.74) is 22.7. The highest BCUT2D eigenvalue weighted by Gasteiger charge is 2.19. The molecular formula is C30H24N14O4. The zero-order valence-corrected chi connectivity index (χ0v) is 24.8. The van der Waals surface area contributed by atoms with Crippen molar-refractivity contribution in [1.82, 2.24) is 49.9 Å². The second kappa shape index (κ2) is 12.3. The first-order chi connectivity index (χ1) is 23.3. The van der Waals surface area contributed by atoms with Gasteiger partial charge in [0.2, 0.25) is 11.9 Å². The Morgan fingerprint density at radius 1 is 0.667 bits per heavy atom. The Bertz CT molecular complexity index is 2380. The van der Waals surface area contributed by atoms with E-state index in [1.165, 1.54) is 23.1 Å². The molecule has 8 rings (SSSR count). The number of non-ortho nitro benzene ring substituents is 1. The maximum absolute atomic E-state index is 10.9. The van der Waals surface area contributed by atoms with Gasteiger partial charge in [-0.2, -0.15) is 9.97 Å². The molecule has 8 aromatic rings. The third kappa shape index (κ3) is 5.90. The maximum Gasteiger partial charge on any atom is 0.269 e. The molecule has 0 saturated heterocycles. The summed E-state index contributed by atoms with van der Waals surface area (Å²) < 4.78 is 13.9. The lowest BCUT2D eigenvalue weighted by Gasteiger charge is -2.04. The number of benzene rings is 2. The van der Waals surface area contributed by atoms with Gasteiger partial charge in [0, 0.05) is 17.8 Å². The third-order valence-corrected chi connectivity index (χ3v) is 7.01. The SMILES string of the molecule is Nc1cccc(Cn2nnc3c(-c4ccco4)nc(N)nc32)c1.Nc1nc(-c2ccco2)c2nnn(Cc3cccc([N+](=O)[O-])c3)c2n1. The van der Waals surface area contributed by atoms with E-state index in [0.717, 1.165) is 5.56 Å². The van der Waals surface area contributed by atoms with Gasteiger partial charge in [-0.05, 0) is 47.5 Å². The van der Waals surface area contributed by atoms with Crippen LogP contribution in [0.15, 0.2) is 94.2 Å². The van der Waals surface area contributed by atoms with Gasteiger partial charge in [0.1, 0.15) is 11.4 Å². The van der Waals surface area contributed by atoms with E-state index in [0.29, 0.717) is 63.0 Å². The van der Waals surface area contributed by atoms with Crippen molar-refractivity contribution in [3.8, 4) is 22.9 Å². The van der Waals surface area contributed by atoms with Crippen molar-refractivity contribution in [2.24, 2.45) is 0 Å². The fraction of sp³-hybridized carbons (Fsp3) is 0.0667. The van der Waals surface area contributed by atoms with Crippen LogP contribution in [0, 0.1) is 10.1 Å². The lowest BCUT2D eigenvalue weighted by molar-refractivity contribution is -0.384. The molecule has 2 aromatic carbocycles. The van der Waals surface area contributed by atoms with Gasteiger partial charge in [-0.3, -0.25) is 10.1 Å². The van der Waals surface area contributed by atoms with Gasteiger partial charge in [-0.15, -0.1) is 10.2 Å². The highest BCUT2D eigenvalue weighted by Crippen LogP contribution is 2.27. The second-order valence-electron chi connectivity index (χ2n) is 10.3. The first kappa shape index (κ1) is 29.5. The van der Waals surface area contributed by atoms with Gasteiger partial charge in [0.25, 0.3) is 5.69 Å². The minimum absolute atomic E-state index is 0.00679. The summed E-state index contributed by atoms with van der Waals surface area (Å²) >= 11 is 0. The minimum Gasteiger partial charge on any atom is -0.463 e. The number of nitrogens with two attached hydrogens (primary N) is 3. The number of rotatable bonds is 7. The Hall–Kier alpha value is -7.24. The zero-order valence-electron chi connectivity index (χ0n) is 24.8. The number of nitrogens with zero attached hydrogens (tertiary/aromatic N) is 11. The van der Waals surface area contributed by atoms with Crippen LogP contribution in [0.4, 0.5) is 23.3 Å². The van der Waals surface area contributed by atoms with E-state index in [9.17, 15) is 10.1 Å². The molecule has 0 saturated carbocycles. The van der Waals surface area contributed by atoms with Crippen molar-refractivity contribution in [1.29, 1.82) is 0 Å². The number of hydrogen-bond acceptors (Lipinski definition) is 15. The summed E-state index contributed by atoms with van der Waals surface area (Å²) in [5.74, 6) is 1.27. The highest BCUT2D eigenvalue weighted by atomic mass is 16.6. The number of nitro benzene ring substituents is 1. The molecule has 0 amide bonds. The summed E-state index contributed by atoms with van der Waals surface area (Å²) in [7, 11) is 0. The van der Waals surface area contributed by atoms with Crippen molar-refractivity contribution in [3.05, 3.63) is 107 Å². The van der Waals surface area contributed by atoms with Crippen molar-refractivity contribution in [2.75, 3.05) is 17.2 Å². The Morgan fingerprint density at radius 3 is 1.67 bits per heavy atom. The largest absolute Gasteiger partial charge is 0.463 e. The summed E-state index contributed by atoms with van der Waals surface area (Å²) in [6, 6.07) is 20.9. The average molecular weight is 645 g/mol. The van der Waals surface area contributed by atoms with E-state index >= 15 is 0 Å². The van der Waals surface area contributed by atoms with Crippen LogP contribution in [0.25, 0.3) is 45.2 Å². The number of nitrogen functional groups attached to an aromatic ring is 3. The molecule has 0 aliphatic rings. The van der Waals surface area contributed by atoms with Crippen molar-refractivity contribution in [2.45, 2.75) is 13.1 Å². The topological polar surface area (TPSA) is 260 Å². The normalized spacial score (nSPS) is 11.1. The lowest BCUT2D eigenvalue weighted by Crippen LogP contribution is -2.05. The number of aromatic nitrogens is 10. The van der Waals surface area contributed by atoms with Crippen molar-refractivity contribution < 1.29 is 13.8 Å². The highest BCUT2D eigenvalue weighted by molar-refractivity contribution is 5.86. The Kier molecular flexibility index (Phi) is 7.54. The van der Waals surface area contributed by atoms with Crippen LogP contribution >= 0.6 is 0 Å². The van der Waals surface area contributed by atoms with E-state index in [1.54, 1.807) is 47.3 Å². The third-order valence-electron chi connectivity index (χ3n) is 7.01. The van der Waals surface area contributed by atoms with Gasteiger partial charge < -0.3 is 26.0 Å². The Balaban J connectivity index is 0.000000152. The van der Waals surface area contributed by atoms with Crippen LogP contribution < -0.4 is 17.2 Å². The number of fused-ring (bicyclic) bond motifs is 2. The fourth-order valence-corrected chi connectivity index (χ4v) is 4.93. The summed E-state index contributed by atoms with van der Waals surface area (Å²) in [6.45, 7) is 0.738. The zero-order chi connectivity index (χ0) is 33.2. The van der Waals surface area contributed by atoms with E-state index in [2.05, 4.69) is 40.6 Å². The Labute approximate surface area is 269 Å². The molecule has 0 atom stereocenters. The first-order valence-electron chi connectivity index (χ1n) is 14.2. The Morgan fingerprint density at radius 2 is 1.19 bits per heavy atom. The standard InChI is InChI=1S/C15H11N7O3.C15H13N7O/c16-15-17-12(11-5-2-6-25-11)13-14(18-15)21(20-19-13)8-9-3-1-4-10(7-9)22(23)24;16-10-4-1-3-9(7-10)8-22-14-13(20-21-22)12(18-15(17)19-14)11-5-2-6-23-11/h1-7H,8H2,(H2,16,17,18);1-7H,8,16H2,(H2,17,18,19). The fourth-order valence-electron chi connectivity index (χ4n) is 4.93. The van der Waals surface area contributed by atoms with Crippen LogP contribution in [0.3, 0.4) is 0 Å². The number of hydrogen-bond donors (Lipinski definition) is 3. The molecule has 0 aliphatic carbocycles. The minimum atomic E-state index is -0.446. The molecule has 6 heterocycles. The van der Waals surface area contributed by atoms with E-state index in [-0.39, 0.29) is 24.1 Å². The van der Waals surface area contributed by atoms with Gasteiger partial charge >= 0.3 is 0 Å². The summed E-state index contributed by atoms with van der Waals surface area (Å²) in [4.78, 5) is 27.3. The molecule has 18 nitrogen and oxygen atoms in total. The molecule has 0 bridgehead atoms. The smallest absolute Gasteiger partial charge is 0.269 e. The van der Waals surface area contributed by atoms with Gasteiger partial charge in [-0.25, -0.2) is 19.3 Å². The number of nitro groups is 1. The molecule has 18 heteroatoms. The predicted octanol–water partition coefficient (Wildman–Crippen LogP) is 3.71. The van der Waals surface area contributed by atoms with E-state index in [1.807, 2.05) is 24.3 Å². The molecular weight excluding hydrogens is 620 g/mol. The number of anilines is 3. The van der Waals surface area contributed by atoms with Gasteiger partial charge in [-0.1, -0.05) is 34.7 Å². The molecule has 0 spiro atoms. The van der Waals surface area contributed by atoms with Crippen LogP contribution in [0.1, 0.15) is 11.1 Å². The molecule has 48 heavy (non-hydrogen) atoms. The van der Waals surface area contributed by atoms with Crippen molar-refractivity contribution >= 4 is 45.6 Å². The first-order valence-corrected chi connectivity index (χ1v) is 14.2. The van der Waals surface area contributed by atoms with Crippen LogP contribution in [0.5, 0.6) is 0 Å². The quantitative estimate of drug-likeness (QED) is 0.127. The summed E-state index contributed by atoms with van der Waals surface area (Å²) in [6.07, 6.45) is 3.09. The average Bonchev–Trinajstić information content (AvgIpc) is 3.90. The molecule has 6 aromatic heterocycles. The summed E-state index contributed by atoms with van der Waals surface area (Å²) in [5, 5.41) is 27.4.